The summed E-state index contributed by atoms with van der Waals surface area (Å²) in [7, 11) is 0. The maximum absolute atomic E-state index is 11.6. The van der Waals surface area contributed by atoms with E-state index in [1.807, 2.05) is 0 Å². The van der Waals surface area contributed by atoms with E-state index in [4.69, 9.17) is 5.11 Å². The highest BCUT2D eigenvalue weighted by Gasteiger charge is 2.20. The number of carboxylic acids is 1. The van der Waals surface area contributed by atoms with Crippen LogP contribution in [-0.2, 0) is 19.2 Å². The minimum absolute atomic E-state index is 0.0418. The van der Waals surface area contributed by atoms with Gasteiger partial charge in [0, 0.05) is 12.8 Å². The van der Waals surface area contributed by atoms with Gasteiger partial charge in [0.2, 0.25) is 11.8 Å². The van der Waals surface area contributed by atoms with Crippen molar-refractivity contribution in [3.63, 3.8) is 0 Å². The summed E-state index contributed by atoms with van der Waals surface area (Å²) in [5, 5.41) is 13.4. The van der Waals surface area contributed by atoms with E-state index in [0.717, 1.165) is 0 Å². The van der Waals surface area contributed by atoms with Crippen LogP contribution >= 0.6 is 15.9 Å². The molecule has 0 bridgehead atoms. The van der Waals surface area contributed by atoms with Gasteiger partial charge in [-0.3, -0.25) is 19.2 Å². The van der Waals surface area contributed by atoms with Crippen LogP contribution in [0.3, 0.4) is 0 Å². The Bertz CT molecular complexity index is 359. The molecule has 0 rings (SSSR count). The average molecular weight is 337 g/mol. The molecule has 0 aliphatic rings. The third-order valence-electron chi connectivity index (χ3n) is 2.29. The van der Waals surface area contributed by atoms with Gasteiger partial charge in [-0.25, -0.2) is 0 Å². The van der Waals surface area contributed by atoms with Gasteiger partial charge < -0.3 is 15.7 Å². The Morgan fingerprint density at radius 3 is 2.32 bits per heavy atom. The van der Waals surface area contributed by atoms with Crippen LogP contribution in [-0.4, -0.2) is 46.6 Å². The van der Waals surface area contributed by atoms with E-state index in [2.05, 4.69) is 26.6 Å². The van der Waals surface area contributed by atoms with Gasteiger partial charge in [0.25, 0.3) is 0 Å². The SMILES string of the molecule is CCC(=O)C(CCC(=O)O)NC(=O)CNC(=O)CBr. The second-order valence-corrected chi connectivity index (χ2v) is 4.34. The summed E-state index contributed by atoms with van der Waals surface area (Å²) >= 11 is 2.93. The lowest BCUT2D eigenvalue weighted by molar-refractivity contribution is -0.137. The van der Waals surface area contributed by atoms with Crippen molar-refractivity contribution in [2.75, 3.05) is 11.9 Å². The van der Waals surface area contributed by atoms with Crippen molar-refractivity contribution in [1.29, 1.82) is 0 Å². The first-order valence-electron chi connectivity index (χ1n) is 5.77. The molecule has 0 radical (unpaired) electrons. The number of carbonyl (C=O) groups excluding carboxylic acids is 3. The molecule has 0 saturated heterocycles. The van der Waals surface area contributed by atoms with Crippen molar-refractivity contribution < 1.29 is 24.3 Å². The van der Waals surface area contributed by atoms with Crippen molar-refractivity contribution in [3.8, 4) is 0 Å². The molecule has 2 amide bonds. The van der Waals surface area contributed by atoms with Crippen molar-refractivity contribution in [1.82, 2.24) is 10.6 Å². The van der Waals surface area contributed by atoms with E-state index >= 15 is 0 Å². The van der Waals surface area contributed by atoms with Crippen LogP contribution in [0.25, 0.3) is 0 Å². The van der Waals surface area contributed by atoms with Crippen LogP contribution in [0.4, 0.5) is 0 Å². The lowest BCUT2D eigenvalue weighted by Gasteiger charge is -2.16. The zero-order valence-electron chi connectivity index (χ0n) is 10.6. The van der Waals surface area contributed by atoms with Crippen LogP contribution in [0, 0.1) is 0 Å². The molecule has 0 aromatic carbocycles. The van der Waals surface area contributed by atoms with E-state index < -0.39 is 17.9 Å². The fraction of sp³-hybridized carbons (Fsp3) is 0.636. The number of Topliss-reactive ketones (excluding diaryl/α,β-unsaturated/α-hetero) is 1. The molecule has 19 heavy (non-hydrogen) atoms. The first-order chi connectivity index (χ1) is 8.90. The highest BCUT2D eigenvalue weighted by molar-refractivity contribution is 9.09. The predicted octanol–water partition coefficient (Wildman–Crippen LogP) is -0.174. The van der Waals surface area contributed by atoms with Crippen LogP contribution in [0.15, 0.2) is 0 Å². The van der Waals surface area contributed by atoms with Gasteiger partial charge in [-0.15, -0.1) is 0 Å². The molecule has 108 valence electrons. The summed E-state index contributed by atoms with van der Waals surface area (Å²) in [6.45, 7) is 1.39. The first-order valence-corrected chi connectivity index (χ1v) is 6.89. The van der Waals surface area contributed by atoms with Gasteiger partial charge >= 0.3 is 5.97 Å². The fourth-order valence-electron chi connectivity index (χ4n) is 1.30. The van der Waals surface area contributed by atoms with E-state index in [1.54, 1.807) is 6.92 Å². The summed E-state index contributed by atoms with van der Waals surface area (Å²) in [5.41, 5.74) is 0. The predicted molar refractivity (Wildman–Crippen MR) is 70.9 cm³/mol. The van der Waals surface area contributed by atoms with Crippen molar-refractivity contribution in [2.45, 2.75) is 32.2 Å². The Balaban J connectivity index is 4.30. The van der Waals surface area contributed by atoms with Gasteiger partial charge in [-0.1, -0.05) is 22.9 Å². The average Bonchev–Trinajstić information content (AvgIpc) is 2.39. The number of alkyl halides is 1. The molecule has 0 spiro atoms. The molecule has 7 nitrogen and oxygen atoms in total. The maximum atomic E-state index is 11.6. The highest BCUT2D eigenvalue weighted by Crippen LogP contribution is 2.01. The highest BCUT2D eigenvalue weighted by atomic mass is 79.9. The molecule has 0 heterocycles. The Hall–Kier alpha value is -1.44. The normalized spacial score (nSPS) is 11.5. The van der Waals surface area contributed by atoms with Gasteiger partial charge in [0.1, 0.15) is 0 Å². The molecular weight excluding hydrogens is 320 g/mol. The lowest BCUT2D eigenvalue weighted by atomic mass is 10.0. The third-order valence-corrected chi connectivity index (χ3v) is 2.80. The number of carbonyl (C=O) groups is 4. The zero-order chi connectivity index (χ0) is 14.8. The van der Waals surface area contributed by atoms with E-state index in [0.29, 0.717) is 0 Å². The number of hydrogen-bond donors (Lipinski definition) is 3. The number of carboxylic acid groups (broad SMARTS) is 1. The van der Waals surface area contributed by atoms with Crippen LogP contribution in [0.5, 0.6) is 0 Å². The summed E-state index contributed by atoms with van der Waals surface area (Å²) < 4.78 is 0. The van der Waals surface area contributed by atoms with Gasteiger partial charge in [0.05, 0.1) is 17.9 Å². The maximum Gasteiger partial charge on any atom is 0.303 e. The first kappa shape index (κ1) is 17.6. The van der Waals surface area contributed by atoms with Gasteiger partial charge in [-0.05, 0) is 6.42 Å². The standard InChI is InChI=1S/C11H17BrN2O5/c1-2-8(15)7(3-4-11(18)19)14-10(17)6-13-9(16)5-12/h7H,2-6H2,1H3,(H,13,16)(H,14,17)(H,18,19). The molecule has 0 fully saturated rings. The molecule has 0 aromatic heterocycles. The summed E-state index contributed by atoms with van der Waals surface area (Å²) in [5.74, 6) is -2.14. The smallest absolute Gasteiger partial charge is 0.303 e. The van der Waals surface area contributed by atoms with E-state index in [1.165, 1.54) is 0 Å². The topological polar surface area (TPSA) is 113 Å². The molecule has 0 aromatic rings. The molecular formula is C11H17BrN2O5. The number of rotatable bonds is 9. The number of amides is 2. The number of aliphatic carboxylic acids is 1. The lowest BCUT2D eigenvalue weighted by Crippen LogP contribution is -2.45. The molecule has 8 heteroatoms. The molecule has 0 saturated carbocycles. The van der Waals surface area contributed by atoms with Gasteiger partial charge in [0.15, 0.2) is 5.78 Å². The molecule has 1 unspecified atom stereocenters. The van der Waals surface area contributed by atoms with Crippen LogP contribution < -0.4 is 10.6 Å². The molecule has 0 aliphatic heterocycles. The largest absolute Gasteiger partial charge is 0.481 e. The summed E-state index contributed by atoms with van der Waals surface area (Å²) in [6.07, 6.45) is 0.0446. The number of nitrogens with one attached hydrogen (secondary N) is 2. The zero-order valence-corrected chi connectivity index (χ0v) is 12.2. The van der Waals surface area contributed by atoms with Crippen molar-refractivity contribution in [3.05, 3.63) is 0 Å². The third kappa shape index (κ3) is 8.30. The Kier molecular flexibility index (Phi) is 8.77. The Labute approximate surface area is 119 Å². The quantitative estimate of drug-likeness (QED) is 0.506. The summed E-state index contributed by atoms with van der Waals surface area (Å²) in [4.78, 5) is 44.4. The second-order valence-electron chi connectivity index (χ2n) is 3.78. The van der Waals surface area contributed by atoms with Crippen molar-refractivity contribution in [2.24, 2.45) is 0 Å². The Morgan fingerprint density at radius 1 is 1.21 bits per heavy atom. The monoisotopic (exact) mass is 336 g/mol. The second kappa shape index (κ2) is 9.48. The van der Waals surface area contributed by atoms with E-state index in [9.17, 15) is 19.2 Å². The molecule has 1 atom stereocenters. The van der Waals surface area contributed by atoms with Crippen LogP contribution in [0.1, 0.15) is 26.2 Å². The fourth-order valence-corrected chi connectivity index (χ4v) is 1.50. The molecule has 3 N–H and O–H groups in total. The van der Waals surface area contributed by atoms with Crippen LogP contribution in [0.2, 0.25) is 0 Å². The Morgan fingerprint density at radius 2 is 1.84 bits per heavy atom. The number of halogens is 1. The summed E-state index contributed by atoms with van der Waals surface area (Å²) in [6, 6.07) is -0.825. The van der Waals surface area contributed by atoms with E-state index in [-0.39, 0.29) is 42.8 Å². The van der Waals surface area contributed by atoms with Crippen molar-refractivity contribution >= 4 is 39.5 Å². The van der Waals surface area contributed by atoms with Gasteiger partial charge in [-0.2, -0.15) is 0 Å². The number of hydrogen-bond acceptors (Lipinski definition) is 4. The molecule has 0 aliphatic carbocycles. The minimum atomic E-state index is -1.03. The number of ketones is 1. The minimum Gasteiger partial charge on any atom is -0.481 e.